The molecule has 1 aromatic carbocycles. The van der Waals surface area contributed by atoms with Gasteiger partial charge in [0.1, 0.15) is 0 Å². The molecule has 7 heteroatoms. The van der Waals surface area contributed by atoms with Crippen LogP contribution in [-0.4, -0.2) is 55.3 Å². The fourth-order valence-corrected chi connectivity index (χ4v) is 5.96. The third-order valence-electron chi connectivity index (χ3n) is 5.13. The molecule has 0 aliphatic carbocycles. The van der Waals surface area contributed by atoms with Crippen molar-refractivity contribution in [1.29, 1.82) is 0 Å². The maximum atomic E-state index is 12.7. The van der Waals surface area contributed by atoms with Crippen LogP contribution in [0.1, 0.15) is 12.8 Å². The molecule has 3 aliphatic heterocycles. The van der Waals surface area contributed by atoms with E-state index in [-0.39, 0.29) is 35.9 Å². The van der Waals surface area contributed by atoms with Gasteiger partial charge in [0.05, 0.1) is 16.9 Å². The van der Waals surface area contributed by atoms with Crippen molar-refractivity contribution >= 4 is 27.3 Å². The highest BCUT2D eigenvalue weighted by Crippen LogP contribution is 2.35. The van der Waals surface area contributed by atoms with E-state index < -0.39 is 15.1 Å². The number of fused-ring (bicyclic) bond motifs is 2. The molecule has 2 bridgehead atoms. The van der Waals surface area contributed by atoms with E-state index in [1.54, 1.807) is 9.80 Å². The minimum absolute atomic E-state index is 0.0495. The summed E-state index contributed by atoms with van der Waals surface area (Å²) in [6.07, 6.45) is 0.755. The quantitative estimate of drug-likeness (QED) is 0.786. The molecule has 0 radical (unpaired) electrons. The second kappa shape index (κ2) is 5.06. The lowest BCUT2D eigenvalue weighted by molar-refractivity contribution is -0.136. The van der Waals surface area contributed by atoms with Crippen molar-refractivity contribution < 1.29 is 18.0 Å². The lowest BCUT2D eigenvalue weighted by Crippen LogP contribution is -2.47. The van der Waals surface area contributed by atoms with Crippen LogP contribution >= 0.6 is 0 Å². The lowest BCUT2D eigenvalue weighted by atomic mass is 10.1. The molecule has 0 spiro atoms. The molecule has 122 valence electrons. The van der Waals surface area contributed by atoms with E-state index in [1.165, 1.54) is 0 Å². The number of benzene rings is 1. The highest BCUT2D eigenvalue weighted by atomic mass is 32.2. The van der Waals surface area contributed by atoms with E-state index in [0.717, 1.165) is 5.69 Å². The number of nitrogens with zero attached hydrogens (tertiary/aromatic N) is 2. The van der Waals surface area contributed by atoms with Gasteiger partial charge in [-0.05, 0) is 18.6 Å². The van der Waals surface area contributed by atoms with Gasteiger partial charge >= 0.3 is 0 Å². The average molecular weight is 334 g/mol. The Labute approximate surface area is 135 Å². The van der Waals surface area contributed by atoms with Crippen LogP contribution in [0.2, 0.25) is 0 Å². The van der Waals surface area contributed by atoms with Gasteiger partial charge in [0.2, 0.25) is 11.8 Å². The van der Waals surface area contributed by atoms with Crippen LogP contribution in [0.4, 0.5) is 5.69 Å². The smallest absolute Gasteiger partial charge is 0.228 e. The topological polar surface area (TPSA) is 74.8 Å². The van der Waals surface area contributed by atoms with Crippen LogP contribution in [0.15, 0.2) is 30.3 Å². The standard InChI is InChI=1S/C16H18N2O4S/c19-15-6-11(8-17(15)12-4-2-1-3-5-12)16(20)18-9-14-7-13(18)10-23(14,21)22/h1-5,11,13-14H,6-10H2. The molecule has 3 unspecified atom stereocenters. The van der Waals surface area contributed by atoms with Crippen molar-refractivity contribution in [2.24, 2.45) is 5.92 Å². The molecule has 3 saturated heterocycles. The molecule has 0 aromatic heterocycles. The number of likely N-dealkylation sites (tertiary alicyclic amines) is 1. The molecule has 6 nitrogen and oxygen atoms in total. The lowest BCUT2D eigenvalue weighted by Gasteiger charge is -2.29. The van der Waals surface area contributed by atoms with Crippen molar-refractivity contribution in [2.75, 3.05) is 23.7 Å². The molecule has 0 saturated carbocycles. The van der Waals surface area contributed by atoms with Crippen LogP contribution in [0, 0.1) is 5.92 Å². The Bertz CT molecular complexity index is 762. The highest BCUT2D eigenvalue weighted by molar-refractivity contribution is 7.92. The van der Waals surface area contributed by atoms with Crippen molar-refractivity contribution in [3.8, 4) is 0 Å². The minimum Gasteiger partial charge on any atom is -0.337 e. The highest BCUT2D eigenvalue weighted by Gasteiger charge is 2.51. The summed E-state index contributed by atoms with van der Waals surface area (Å²) in [7, 11) is -3.01. The zero-order chi connectivity index (χ0) is 16.2. The van der Waals surface area contributed by atoms with Gasteiger partial charge in [0.15, 0.2) is 9.84 Å². The van der Waals surface area contributed by atoms with Crippen LogP contribution < -0.4 is 4.90 Å². The SMILES string of the molecule is O=C1CC(C(=O)N2CC3CC2CS3(=O)=O)CN1c1ccccc1. The number of para-hydroxylation sites is 1. The van der Waals surface area contributed by atoms with Gasteiger partial charge in [-0.25, -0.2) is 8.42 Å². The van der Waals surface area contributed by atoms with Gasteiger partial charge in [0, 0.05) is 31.2 Å². The molecule has 23 heavy (non-hydrogen) atoms. The van der Waals surface area contributed by atoms with Gasteiger partial charge in [-0.3, -0.25) is 9.59 Å². The monoisotopic (exact) mass is 334 g/mol. The van der Waals surface area contributed by atoms with Crippen LogP contribution in [-0.2, 0) is 19.4 Å². The zero-order valence-electron chi connectivity index (χ0n) is 12.6. The Morgan fingerprint density at radius 2 is 1.87 bits per heavy atom. The summed E-state index contributed by atoms with van der Waals surface area (Å²) >= 11 is 0. The summed E-state index contributed by atoms with van der Waals surface area (Å²) in [6.45, 7) is 0.671. The van der Waals surface area contributed by atoms with Gasteiger partial charge in [0.25, 0.3) is 0 Å². The van der Waals surface area contributed by atoms with E-state index in [0.29, 0.717) is 19.5 Å². The van der Waals surface area contributed by atoms with Crippen molar-refractivity contribution in [3.63, 3.8) is 0 Å². The average Bonchev–Trinajstić information content (AvgIpc) is 3.18. The second-order valence-electron chi connectivity index (χ2n) is 6.57. The number of anilines is 1. The first-order chi connectivity index (χ1) is 11.0. The molecule has 3 heterocycles. The number of amides is 2. The third kappa shape index (κ3) is 2.34. The van der Waals surface area contributed by atoms with E-state index in [2.05, 4.69) is 0 Å². The van der Waals surface area contributed by atoms with Crippen LogP contribution in [0.25, 0.3) is 0 Å². The number of carbonyl (C=O) groups is 2. The summed E-state index contributed by atoms with van der Waals surface area (Å²) in [4.78, 5) is 28.3. The minimum atomic E-state index is -3.01. The van der Waals surface area contributed by atoms with Gasteiger partial charge < -0.3 is 9.80 Å². The molecule has 3 fully saturated rings. The molecular formula is C16H18N2O4S. The first kappa shape index (κ1) is 14.7. The molecule has 3 aliphatic rings. The van der Waals surface area contributed by atoms with Crippen molar-refractivity contribution in [1.82, 2.24) is 4.90 Å². The Hall–Kier alpha value is -1.89. The van der Waals surface area contributed by atoms with E-state index in [4.69, 9.17) is 0 Å². The third-order valence-corrected chi connectivity index (χ3v) is 7.34. The van der Waals surface area contributed by atoms with Gasteiger partial charge in [-0.1, -0.05) is 18.2 Å². The first-order valence-corrected chi connectivity index (χ1v) is 9.55. The fourth-order valence-electron chi connectivity index (χ4n) is 3.93. The molecule has 1 aromatic rings. The van der Waals surface area contributed by atoms with Gasteiger partial charge in [-0.2, -0.15) is 0 Å². The molecule has 0 N–H and O–H groups in total. The number of carbonyl (C=O) groups excluding carboxylic acids is 2. The summed E-state index contributed by atoms with van der Waals surface area (Å²) in [5.74, 6) is -0.414. The Kier molecular flexibility index (Phi) is 3.23. The van der Waals surface area contributed by atoms with Gasteiger partial charge in [-0.15, -0.1) is 0 Å². The number of hydrogen-bond donors (Lipinski definition) is 0. The summed E-state index contributed by atoms with van der Waals surface area (Å²) in [5, 5.41) is -0.404. The van der Waals surface area contributed by atoms with Crippen molar-refractivity contribution in [2.45, 2.75) is 24.1 Å². The summed E-state index contributed by atoms with van der Waals surface area (Å²) in [5.41, 5.74) is 0.804. The fraction of sp³-hybridized carbons (Fsp3) is 0.500. The predicted octanol–water partition coefficient (Wildman–Crippen LogP) is 0.437. The Morgan fingerprint density at radius 3 is 2.48 bits per heavy atom. The zero-order valence-corrected chi connectivity index (χ0v) is 13.4. The molecular weight excluding hydrogens is 316 g/mol. The van der Waals surface area contributed by atoms with E-state index >= 15 is 0 Å². The first-order valence-electron chi connectivity index (χ1n) is 7.83. The van der Waals surface area contributed by atoms with Crippen LogP contribution in [0.3, 0.4) is 0 Å². The van der Waals surface area contributed by atoms with E-state index in [1.807, 2.05) is 30.3 Å². The second-order valence-corrected chi connectivity index (χ2v) is 8.90. The number of hydrogen-bond acceptors (Lipinski definition) is 4. The molecule has 4 rings (SSSR count). The summed E-state index contributed by atoms with van der Waals surface area (Å²) < 4.78 is 23.6. The number of rotatable bonds is 2. The summed E-state index contributed by atoms with van der Waals surface area (Å²) in [6, 6.07) is 9.13. The maximum absolute atomic E-state index is 12.7. The number of sulfone groups is 1. The van der Waals surface area contributed by atoms with E-state index in [9.17, 15) is 18.0 Å². The molecule has 3 atom stereocenters. The largest absolute Gasteiger partial charge is 0.337 e. The Balaban J connectivity index is 1.48. The normalized spacial score (nSPS) is 31.8. The Morgan fingerprint density at radius 1 is 1.13 bits per heavy atom. The molecule has 2 amide bonds. The predicted molar refractivity (Wildman–Crippen MR) is 84.6 cm³/mol. The maximum Gasteiger partial charge on any atom is 0.228 e. The van der Waals surface area contributed by atoms with Crippen LogP contribution in [0.5, 0.6) is 0 Å². The van der Waals surface area contributed by atoms with Crippen molar-refractivity contribution in [3.05, 3.63) is 30.3 Å².